The first kappa shape index (κ1) is 15.1. The van der Waals surface area contributed by atoms with Gasteiger partial charge in [0.05, 0.1) is 5.71 Å². The molecule has 1 aliphatic rings. The Balaban J connectivity index is 1.54. The largest absolute Gasteiger partial charge is 0.391 e. The summed E-state index contributed by atoms with van der Waals surface area (Å²) in [7, 11) is 1.97. The molecular formula is C15H19N5OS. The SMILES string of the molecule is Cn1c(CCN)nnc1SC[C@@H]1CC(c2ccccc2)=NO1. The van der Waals surface area contributed by atoms with Gasteiger partial charge in [-0.2, -0.15) is 0 Å². The Kier molecular flexibility index (Phi) is 4.74. The molecule has 0 saturated carbocycles. The summed E-state index contributed by atoms with van der Waals surface area (Å²) in [6.45, 7) is 0.580. The summed E-state index contributed by atoms with van der Waals surface area (Å²) in [5, 5.41) is 13.4. The number of nitrogens with two attached hydrogens (primary N) is 1. The van der Waals surface area contributed by atoms with E-state index in [1.807, 2.05) is 29.8 Å². The zero-order chi connectivity index (χ0) is 15.4. The van der Waals surface area contributed by atoms with Crippen LogP contribution in [0.4, 0.5) is 0 Å². The summed E-state index contributed by atoms with van der Waals surface area (Å²) in [6.07, 6.45) is 1.64. The number of oxime groups is 1. The lowest BCUT2D eigenvalue weighted by Gasteiger charge is -2.07. The fraction of sp³-hybridized carbons (Fsp3) is 0.400. The Hall–Kier alpha value is -1.86. The number of nitrogens with zero attached hydrogens (tertiary/aromatic N) is 4. The molecular weight excluding hydrogens is 298 g/mol. The molecule has 3 rings (SSSR count). The first-order chi connectivity index (χ1) is 10.8. The van der Waals surface area contributed by atoms with Crippen molar-refractivity contribution in [1.82, 2.24) is 14.8 Å². The maximum atomic E-state index is 5.56. The highest BCUT2D eigenvalue weighted by Gasteiger charge is 2.23. The van der Waals surface area contributed by atoms with Crippen molar-refractivity contribution in [3.05, 3.63) is 41.7 Å². The molecule has 116 valence electrons. The monoisotopic (exact) mass is 317 g/mol. The molecule has 2 heterocycles. The van der Waals surface area contributed by atoms with Crippen LogP contribution in [0.1, 0.15) is 17.8 Å². The van der Waals surface area contributed by atoms with Gasteiger partial charge in [-0.05, 0) is 12.1 Å². The topological polar surface area (TPSA) is 78.3 Å². The van der Waals surface area contributed by atoms with E-state index in [9.17, 15) is 0 Å². The van der Waals surface area contributed by atoms with Crippen LogP contribution in [-0.4, -0.2) is 38.9 Å². The number of hydrogen-bond donors (Lipinski definition) is 1. The van der Waals surface area contributed by atoms with Gasteiger partial charge < -0.3 is 15.1 Å². The van der Waals surface area contributed by atoms with Gasteiger partial charge in [-0.1, -0.05) is 47.2 Å². The Labute approximate surface area is 133 Å². The van der Waals surface area contributed by atoms with Crippen molar-refractivity contribution in [3.8, 4) is 0 Å². The van der Waals surface area contributed by atoms with Crippen molar-refractivity contribution in [2.45, 2.75) is 24.1 Å². The van der Waals surface area contributed by atoms with Crippen LogP contribution in [0.3, 0.4) is 0 Å². The first-order valence-corrected chi connectivity index (χ1v) is 8.25. The standard InChI is InChI=1S/C15H19N5OS/c1-20-14(7-8-16)17-18-15(20)22-10-12-9-13(19-21-12)11-5-3-2-4-6-11/h2-6,12H,7-10,16H2,1H3/t12-/m0/s1. The summed E-state index contributed by atoms with van der Waals surface area (Å²) in [5.74, 6) is 1.72. The second kappa shape index (κ2) is 6.93. The van der Waals surface area contributed by atoms with Crippen LogP contribution < -0.4 is 5.73 Å². The molecule has 1 aromatic heterocycles. The Morgan fingerprint density at radius 1 is 1.32 bits per heavy atom. The summed E-state index contributed by atoms with van der Waals surface area (Å²) in [4.78, 5) is 5.53. The fourth-order valence-electron chi connectivity index (χ4n) is 2.30. The van der Waals surface area contributed by atoms with E-state index < -0.39 is 0 Å². The van der Waals surface area contributed by atoms with Crippen LogP contribution in [0.5, 0.6) is 0 Å². The molecule has 0 amide bonds. The van der Waals surface area contributed by atoms with Crippen LogP contribution in [0.15, 0.2) is 40.6 Å². The van der Waals surface area contributed by atoms with Crippen molar-refractivity contribution >= 4 is 17.5 Å². The lowest BCUT2D eigenvalue weighted by molar-refractivity contribution is 0.103. The number of benzene rings is 1. The number of hydrogen-bond acceptors (Lipinski definition) is 6. The van der Waals surface area contributed by atoms with E-state index in [1.54, 1.807) is 11.8 Å². The van der Waals surface area contributed by atoms with E-state index in [4.69, 9.17) is 10.6 Å². The fourth-order valence-corrected chi connectivity index (χ4v) is 3.22. The molecule has 22 heavy (non-hydrogen) atoms. The Morgan fingerprint density at radius 3 is 2.91 bits per heavy atom. The van der Waals surface area contributed by atoms with E-state index in [1.165, 1.54) is 0 Å². The van der Waals surface area contributed by atoms with Gasteiger partial charge in [0.2, 0.25) is 0 Å². The first-order valence-electron chi connectivity index (χ1n) is 7.27. The third-order valence-electron chi connectivity index (χ3n) is 3.53. The molecule has 1 aliphatic heterocycles. The van der Waals surface area contributed by atoms with Crippen molar-refractivity contribution < 1.29 is 4.84 Å². The molecule has 7 heteroatoms. The van der Waals surface area contributed by atoms with Gasteiger partial charge in [-0.25, -0.2) is 0 Å². The second-order valence-electron chi connectivity index (χ2n) is 5.14. The smallest absolute Gasteiger partial charge is 0.191 e. The molecule has 0 fully saturated rings. The predicted molar refractivity (Wildman–Crippen MR) is 87.0 cm³/mol. The zero-order valence-corrected chi connectivity index (χ0v) is 13.3. The Bertz CT molecular complexity index is 655. The molecule has 0 aliphatic carbocycles. The zero-order valence-electron chi connectivity index (χ0n) is 12.5. The van der Waals surface area contributed by atoms with E-state index >= 15 is 0 Å². The molecule has 0 saturated heterocycles. The van der Waals surface area contributed by atoms with Gasteiger partial charge in [0.1, 0.15) is 11.9 Å². The quantitative estimate of drug-likeness (QED) is 0.819. The van der Waals surface area contributed by atoms with Gasteiger partial charge in [-0.15, -0.1) is 10.2 Å². The molecule has 1 atom stereocenters. The highest BCUT2D eigenvalue weighted by Crippen LogP contribution is 2.23. The van der Waals surface area contributed by atoms with Crippen LogP contribution in [-0.2, 0) is 18.3 Å². The third kappa shape index (κ3) is 3.31. The van der Waals surface area contributed by atoms with Crippen molar-refractivity contribution in [1.29, 1.82) is 0 Å². The lowest BCUT2D eigenvalue weighted by atomic mass is 10.1. The van der Waals surface area contributed by atoms with Gasteiger partial charge in [0.25, 0.3) is 0 Å². The average molecular weight is 317 g/mol. The number of thioether (sulfide) groups is 1. The van der Waals surface area contributed by atoms with E-state index in [0.29, 0.717) is 6.54 Å². The van der Waals surface area contributed by atoms with E-state index in [2.05, 4.69) is 27.5 Å². The van der Waals surface area contributed by atoms with Gasteiger partial charge in [0, 0.05) is 25.6 Å². The maximum absolute atomic E-state index is 5.56. The molecule has 2 aromatic rings. The lowest BCUT2D eigenvalue weighted by Crippen LogP contribution is -2.12. The highest BCUT2D eigenvalue weighted by atomic mass is 32.2. The van der Waals surface area contributed by atoms with Crippen LogP contribution in [0, 0.1) is 0 Å². The van der Waals surface area contributed by atoms with Crippen molar-refractivity contribution in [2.75, 3.05) is 12.3 Å². The molecule has 2 N–H and O–H groups in total. The maximum Gasteiger partial charge on any atom is 0.191 e. The molecule has 6 nitrogen and oxygen atoms in total. The van der Waals surface area contributed by atoms with Crippen LogP contribution in [0.25, 0.3) is 0 Å². The third-order valence-corrected chi connectivity index (χ3v) is 4.68. The minimum absolute atomic E-state index is 0.0786. The molecule has 0 unspecified atom stereocenters. The van der Waals surface area contributed by atoms with Crippen LogP contribution >= 0.6 is 11.8 Å². The normalized spacial score (nSPS) is 17.4. The number of aromatic nitrogens is 3. The summed E-state index contributed by atoms with van der Waals surface area (Å²) in [5.41, 5.74) is 7.69. The molecule has 0 radical (unpaired) electrons. The van der Waals surface area contributed by atoms with Gasteiger partial charge in [0.15, 0.2) is 5.16 Å². The van der Waals surface area contributed by atoms with Gasteiger partial charge >= 0.3 is 0 Å². The molecule has 1 aromatic carbocycles. The minimum Gasteiger partial charge on any atom is -0.391 e. The second-order valence-corrected chi connectivity index (χ2v) is 6.13. The van der Waals surface area contributed by atoms with E-state index in [0.717, 1.165) is 40.9 Å². The van der Waals surface area contributed by atoms with Crippen LogP contribution in [0.2, 0.25) is 0 Å². The summed E-state index contributed by atoms with van der Waals surface area (Å²) in [6, 6.07) is 10.1. The molecule has 0 spiro atoms. The Morgan fingerprint density at radius 2 is 2.14 bits per heavy atom. The van der Waals surface area contributed by atoms with Crippen molar-refractivity contribution in [2.24, 2.45) is 17.9 Å². The van der Waals surface area contributed by atoms with Gasteiger partial charge in [-0.3, -0.25) is 0 Å². The number of rotatable bonds is 6. The molecule has 0 bridgehead atoms. The summed E-state index contributed by atoms with van der Waals surface area (Å²) < 4.78 is 1.99. The highest BCUT2D eigenvalue weighted by molar-refractivity contribution is 7.99. The van der Waals surface area contributed by atoms with Crippen molar-refractivity contribution in [3.63, 3.8) is 0 Å². The average Bonchev–Trinajstić information content (AvgIpc) is 3.15. The van der Waals surface area contributed by atoms with E-state index in [-0.39, 0.29) is 6.10 Å². The minimum atomic E-state index is 0.0786. The summed E-state index contributed by atoms with van der Waals surface area (Å²) >= 11 is 1.64. The predicted octanol–water partition coefficient (Wildman–Crippen LogP) is 1.60.